The molecule has 0 aliphatic carbocycles. The van der Waals surface area contributed by atoms with Crippen molar-refractivity contribution in [2.45, 2.75) is 11.5 Å². The molecule has 0 unspecified atom stereocenters. The standard InChI is InChI=1S/C4H5BrN2/c5-4-6-2-1-3-7-4/h2-4H,1H2. The van der Waals surface area contributed by atoms with Crippen molar-refractivity contribution < 1.29 is 0 Å². The summed E-state index contributed by atoms with van der Waals surface area (Å²) in [7, 11) is 0. The Hall–Kier alpha value is -0.180. The summed E-state index contributed by atoms with van der Waals surface area (Å²) in [6, 6.07) is 0. The molecule has 0 aromatic heterocycles. The van der Waals surface area contributed by atoms with Crippen molar-refractivity contribution in [3.63, 3.8) is 0 Å². The van der Waals surface area contributed by atoms with Gasteiger partial charge in [0.25, 0.3) is 0 Å². The Balaban J connectivity index is 2.49. The molecule has 0 bridgehead atoms. The molecule has 1 heterocycles. The van der Waals surface area contributed by atoms with Gasteiger partial charge in [0.2, 0.25) is 0 Å². The van der Waals surface area contributed by atoms with E-state index in [9.17, 15) is 0 Å². The number of aliphatic imine (C=N–C) groups is 2. The highest BCUT2D eigenvalue weighted by atomic mass is 79.9. The van der Waals surface area contributed by atoms with Gasteiger partial charge >= 0.3 is 0 Å². The summed E-state index contributed by atoms with van der Waals surface area (Å²) in [4.78, 5) is 7.85. The highest BCUT2D eigenvalue weighted by Gasteiger charge is 1.94. The largest absolute Gasteiger partial charge is 0.260 e. The SMILES string of the molecule is BrC1N=CCC=N1. The van der Waals surface area contributed by atoms with Crippen LogP contribution in [-0.4, -0.2) is 17.5 Å². The molecule has 2 nitrogen and oxygen atoms in total. The molecule has 0 N–H and O–H groups in total. The van der Waals surface area contributed by atoms with Crippen LogP contribution in [0.1, 0.15) is 6.42 Å². The van der Waals surface area contributed by atoms with Gasteiger partial charge in [-0.05, 0) is 15.9 Å². The monoisotopic (exact) mass is 160 g/mol. The van der Waals surface area contributed by atoms with E-state index in [1.165, 1.54) is 0 Å². The van der Waals surface area contributed by atoms with Crippen molar-refractivity contribution in [3.05, 3.63) is 0 Å². The first kappa shape index (κ1) is 4.97. The predicted octanol–water partition coefficient (Wildman–Crippen LogP) is 1.21. The molecule has 1 aliphatic heterocycles. The van der Waals surface area contributed by atoms with E-state index in [0.717, 1.165) is 6.42 Å². The lowest BCUT2D eigenvalue weighted by atomic mass is 10.5. The van der Waals surface area contributed by atoms with E-state index in [0.29, 0.717) is 0 Å². The second kappa shape index (κ2) is 2.21. The third-order valence-electron chi connectivity index (χ3n) is 0.668. The first-order valence-electron chi connectivity index (χ1n) is 2.07. The van der Waals surface area contributed by atoms with Crippen LogP contribution in [-0.2, 0) is 0 Å². The van der Waals surface area contributed by atoms with Gasteiger partial charge in [-0.1, -0.05) is 0 Å². The van der Waals surface area contributed by atoms with Crippen LogP contribution in [0.2, 0.25) is 0 Å². The molecule has 3 heteroatoms. The maximum atomic E-state index is 3.92. The molecule has 1 rings (SSSR count). The van der Waals surface area contributed by atoms with Crippen LogP contribution in [0.4, 0.5) is 0 Å². The molecule has 0 spiro atoms. The van der Waals surface area contributed by atoms with Crippen LogP contribution < -0.4 is 0 Å². The molecule has 0 radical (unpaired) electrons. The van der Waals surface area contributed by atoms with Gasteiger partial charge in [0.15, 0.2) is 5.08 Å². The zero-order valence-corrected chi connectivity index (χ0v) is 5.30. The summed E-state index contributed by atoms with van der Waals surface area (Å²) < 4.78 is 0. The average molecular weight is 161 g/mol. The lowest BCUT2D eigenvalue weighted by Gasteiger charge is -1.98. The minimum Gasteiger partial charge on any atom is -0.260 e. The number of alkyl halides is 1. The quantitative estimate of drug-likeness (QED) is 0.376. The van der Waals surface area contributed by atoms with Gasteiger partial charge < -0.3 is 0 Å². The molecule has 1 aliphatic rings. The van der Waals surface area contributed by atoms with E-state index >= 15 is 0 Å². The Morgan fingerprint density at radius 3 is 2.29 bits per heavy atom. The Kier molecular flexibility index (Phi) is 1.57. The molecule has 0 amide bonds. The number of hydrogen-bond donors (Lipinski definition) is 0. The molecular formula is C4H5BrN2. The van der Waals surface area contributed by atoms with Gasteiger partial charge in [-0.2, -0.15) is 0 Å². The van der Waals surface area contributed by atoms with E-state index in [-0.39, 0.29) is 5.08 Å². The van der Waals surface area contributed by atoms with E-state index in [2.05, 4.69) is 25.9 Å². The summed E-state index contributed by atoms with van der Waals surface area (Å²) in [6.45, 7) is 0. The zero-order chi connectivity index (χ0) is 5.11. The van der Waals surface area contributed by atoms with Crippen molar-refractivity contribution >= 4 is 28.4 Å². The van der Waals surface area contributed by atoms with Crippen molar-refractivity contribution in [1.29, 1.82) is 0 Å². The summed E-state index contributed by atoms with van der Waals surface area (Å²) >= 11 is 3.19. The lowest BCUT2D eigenvalue weighted by Crippen LogP contribution is -1.95. The van der Waals surface area contributed by atoms with Crippen LogP contribution in [0.5, 0.6) is 0 Å². The Morgan fingerprint density at radius 1 is 1.43 bits per heavy atom. The molecule has 0 saturated carbocycles. The maximum Gasteiger partial charge on any atom is 0.194 e. The minimum absolute atomic E-state index is 0.0127. The summed E-state index contributed by atoms with van der Waals surface area (Å²) in [6.07, 6.45) is 4.56. The van der Waals surface area contributed by atoms with Crippen LogP contribution in [0.15, 0.2) is 9.98 Å². The third kappa shape index (κ3) is 1.39. The molecule has 0 atom stereocenters. The van der Waals surface area contributed by atoms with E-state index < -0.39 is 0 Å². The Labute approximate surface area is 50.5 Å². The van der Waals surface area contributed by atoms with Crippen molar-refractivity contribution in [3.8, 4) is 0 Å². The smallest absolute Gasteiger partial charge is 0.194 e. The molecule has 0 aromatic carbocycles. The second-order valence-corrected chi connectivity index (χ2v) is 2.03. The van der Waals surface area contributed by atoms with Gasteiger partial charge in [-0.25, -0.2) is 0 Å². The lowest BCUT2D eigenvalue weighted by molar-refractivity contribution is 0.998. The number of nitrogens with zero attached hydrogens (tertiary/aromatic N) is 2. The second-order valence-electron chi connectivity index (χ2n) is 1.21. The summed E-state index contributed by atoms with van der Waals surface area (Å²) in [5.41, 5.74) is 0. The average Bonchev–Trinajstić information content (AvgIpc) is 1.69. The van der Waals surface area contributed by atoms with Gasteiger partial charge in [0, 0.05) is 18.9 Å². The van der Waals surface area contributed by atoms with E-state index in [1.807, 2.05) is 12.4 Å². The normalized spacial score (nSPS) is 20.7. The molecule has 0 aromatic rings. The molecule has 0 saturated heterocycles. The van der Waals surface area contributed by atoms with Gasteiger partial charge in [-0.15, -0.1) is 0 Å². The van der Waals surface area contributed by atoms with Crippen LogP contribution in [0.3, 0.4) is 0 Å². The van der Waals surface area contributed by atoms with Crippen LogP contribution in [0.25, 0.3) is 0 Å². The number of halogens is 1. The topological polar surface area (TPSA) is 24.7 Å². The molecule has 38 valence electrons. The number of rotatable bonds is 0. The first-order chi connectivity index (χ1) is 3.39. The van der Waals surface area contributed by atoms with Gasteiger partial charge in [-0.3, -0.25) is 9.98 Å². The van der Waals surface area contributed by atoms with Crippen molar-refractivity contribution in [2.24, 2.45) is 9.98 Å². The maximum absolute atomic E-state index is 3.92. The fourth-order valence-corrected chi connectivity index (χ4v) is 0.716. The summed E-state index contributed by atoms with van der Waals surface area (Å²) in [5.74, 6) is 0. The van der Waals surface area contributed by atoms with Crippen molar-refractivity contribution in [2.75, 3.05) is 0 Å². The molecular weight excluding hydrogens is 156 g/mol. The highest BCUT2D eigenvalue weighted by Crippen LogP contribution is 2.03. The zero-order valence-electron chi connectivity index (χ0n) is 3.71. The van der Waals surface area contributed by atoms with Gasteiger partial charge in [0.05, 0.1) is 0 Å². The van der Waals surface area contributed by atoms with Crippen LogP contribution in [0, 0.1) is 0 Å². The molecule has 7 heavy (non-hydrogen) atoms. The highest BCUT2D eigenvalue weighted by molar-refractivity contribution is 9.09. The number of hydrogen-bond acceptors (Lipinski definition) is 2. The van der Waals surface area contributed by atoms with Gasteiger partial charge in [0.1, 0.15) is 0 Å². The Morgan fingerprint density at radius 2 is 2.00 bits per heavy atom. The van der Waals surface area contributed by atoms with E-state index in [1.54, 1.807) is 0 Å². The third-order valence-corrected chi connectivity index (χ3v) is 1.14. The fourth-order valence-electron chi connectivity index (χ4n) is 0.381. The van der Waals surface area contributed by atoms with Crippen LogP contribution >= 0.6 is 15.9 Å². The predicted molar refractivity (Wildman–Crippen MR) is 34.3 cm³/mol. The first-order valence-corrected chi connectivity index (χ1v) is 2.98. The molecule has 0 fully saturated rings. The fraction of sp³-hybridized carbons (Fsp3) is 0.500. The van der Waals surface area contributed by atoms with E-state index in [4.69, 9.17) is 0 Å². The Bertz CT molecular complexity index is 96.3. The minimum atomic E-state index is -0.0127. The van der Waals surface area contributed by atoms with Crippen molar-refractivity contribution in [1.82, 2.24) is 0 Å². The summed E-state index contributed by atoms with van der Waals surface area (Å²) in [5, 5.41) is -0.0127.